The largest absolute Gasteiger partial charge is 0.491 e. The molecule has 0 saturated heterocycles. The SMILES string of the molecule is CCOCCCN1C(=O)C(c2ccc(OC(C)C)cc2)=C(N2CCc3ccccc3C2)C1=O. The molecule has 0 fully saturated rings. The number of hydrogen-bond donors (Lipinski definition) is 0. The molecule has 6 heteroatoms. The number of benzene rings is 2. The van der Waals surface area contributed by atoms with Crippen molar-refractivity contribution in [3.8, 4) is 5.75 Å². The molecule has 0 unspecified atom stereocenters. The smallest absolute Gasteiger partial charge is 0.277 e. The van der Waals surface area contributed by atoms with E-state index in [1.54, 1.807) is 0 Å². The number of nitrogens with zero attached hydrogens (tertiary/aromatic N) is 2. The number of rotatable bonds is 9. The molecule has 0 saturated carbocycles. The van der Waals surface area contributed by atoms with Crippen molar-refractivity contribution in [2.24, 2.45) is 0 Å². The molecule has 4 rings (SSSR count). The van der Waals surface area contributed by atoms with Gasteiger partial charge in [-0.2, -0.15) is 0 Å². The maximum absolute atomic E-state index is 13.5. The summed E-state index contributed by atoms with van der Waals surface area (Å²) in [6.07, 6.45) is 1.53. The lowest BCUT2D eigenvalue weighted by atomic mass is 9.98. The first kappa shape index (κ1) is 23.1. The number of fused-ring (bicyclic) bond motifs is 1. The molecule has 0 bridgehead atoms. The lowest BCUT2D eigenvalue weighted by Crippen LogP contribution is -2.38. The van der Waals surface area contributed by atoms with E-state index in [1.165, 1.54) is 16.0 Å². The van der Waals surface area contributed by atoms with Crippen LogP contribution in [0, 0.1) is 0 Å². The van der Waals surface area contributed by atoms with Crippen molar-refractivity contribution in [2.75, 3.05) is 26.3 Å². The number of amides is 2. The highest BCUT2D eigenvalue weighted by atomic mass is 16.5. The summed E-state index contributed by atoms with van der Waals surface area (Å²) in [6.45, 7) is 8.70. The molecular weight excluding hydrogens is 416 g/mol. The standard InChI is InChI=1S/C27H32N2O4/c1-4-32-17-7-15-29-26(30)24(21-10-12-23(13-11-21)33-19(2)3)25(27(29)31)28-16-14-20-8-5-6-9-22(20)18-28/h5-6,8-13,19H,4,7,14-18H2,1-3H3. The van der Waals surface area contributed by atoms with Gasteiger partial charge in [0, 0.05) is 32.8 Å². The van der Waals surface area contributed by atoms with Gasteiger partial charge in [-0.1, -0.05) is 36.4 Å². The average molecular weight is 449 g/mol. The monoisotopic (exact) mass is 448 g/mol. The molecule has 0 N–H and O–H groups in total. The lowest BCUT2D eigenvalue weighted by molar-refractivity contribution is -0.137. The second kappa shape index (κ2) is 10.2. The maximum atomic E-state index is 13.5. The van der Waals surface area contributed by atoms with Crippen molar-refractivity contribution in [2.45, 2.75) is 46.3 Å². The highest BCUT2D eigenvalue weighted by Gasteiger charge is 2.41. The topological polar surface area (TPSA) is 59.1 Å². The van der Waals surface area contributed by atoms with Gasteiger partial charge in [0.15, 0.2) is 0 Å². The zero-order chi connectivity index (χ0) is 23.4. The maximum Gasteiger partial charge on any atom is 0.277 e. The zero-order valence-corrected chi connectivity index (χ0v) is 19.7. The van der Waals surface area contributed by atoms with Crippen LogP contribution in [0.15, 0.2) is 54.2 Å². The van der Waals surface area contributed by atoms with Gasteiger partial charge in [-0.3, -0.25) is 14.5 Å². The summed E-state index contributed by atoms with van der Waals surface area (Å²) in [5.41, 5.74) is 4.23. The van der Waals surface area contributed by atoms with Crippen molar-refractivity contribution < 1.29 is 19.1 Å². The molecule has 2 aromatic carbocycles. The molecule has 2 aliphatic heterocycles. The Morgan fingerprint density at radius 1 is 0.970 bits per heavy atom. The lowest BCUT2D eigenvalue weighted by Gasteiger charge is -2.31. The van der Waals surface area contributed by atoms with Gasteiger partial charge in [-0.25, -0.2) is 0 Å². The van der Waals surface area contributed by atoms with Gasteiger partial charge in [0.05, 0.1) is 11.7 Å². The van der Waals surface area contributed by atoms with E-state index >= 15 is 0 Å². The molecule has 0 aromatic heterocycles. The number of hydrogen-bond acceptors (Lipinski definition) is 5. The number of carbonyl (C=O) groups is 2. The molecule has 2 heterocycles. The van der Waals surface area contributed by atoms with Gasteiger partial charge < -0.3 is 14.4 Å². The highest BCUT2D eigenvalue weighted by molar-refractivity contribution is 6.35. The van der Waals surface area contributed by atoms with Crippen molar-refractivity contribution in [1.82, 2.24) is 9.80 Å². The van der Waals surface area contributed by atoms with Crippen molar-refractivity contribution >= 4 is 17.4 Å². The summed E-state index contributed by atoms with van der Waals surface area (Å²) in [7, 11) is 0. The minimum atomic E-state index is -0.233. The summed E-state index contributed by atoms with van der Waals surface area (Å²) < 4.78 is 11.2. The van der Waals surface area contributed by atoms with Crippen LogP contribution >= 0.6 is 0 Å². The quantitative estimate of drug-likeness (QED) is 0.428. The Labute approximate surface area is 195 Å². The van der Waals surface area contributed by atoms with E-state index in [1.807, 2.05) is 57.2 Å². The summed E-state index contributed by atoms with van der Waals surface area (Å²) in [5, 5.41) is 0. The fourth-order valence-electron chi connectivity index (χ4n) is 4.45. The number of carbonyl (C=O) groups excluding carboxylic acids is 2. The van der Waals surface area contributed by atoms with Crippen LogP contribution in [0.5, 0.6) is 5.75 Å². The Balaban J connectivity index is 1.66. The summed E-state index contributed by atoms with van der Waals surface area (Å²) in [5.74, 6) is 0.296. The van der Waals surface area contributed by atoms with Gasteiger partial charge in [-0.05, 0) is 62.4 Å². The molecule has 0 aliphatic carbocycles. The fraction of sp³-hybridized carbons (Fsp3) is 0.407. The third kappa shape index (κ3) is 4.96. The minimum Gasteiger partial charge on any atom is -0.491 e. The van der Waals surface area contributed by atoms with Gasteiger partial charge in [0.1, 0.15) is 11.4 Å². The second-order valence-electron chi connectivity index (χ2n) is 8.67. The fourth-order valence-corrected chi connectivity index (χ4v) is 4.45. The Morgan fingerprint density at radius 3 is 2.39 bits per heavy atom. The average Bonchev–Trinajstić information content (AvgIpc) is 3.06. The van der Waals surface area contributed by atoms with Gasteiger partial charge in [0.2, 0.25) is 0 Å². The highest BCUT2D eigenvalue weighted by Crippen LogP contribution is 2.35. The normalized spacial score (nSPS) is 16.1. The van der Waals surface area contributed by atoms with Crippen molar-refractivity contribution in [3.63, 3.8) is 0 Å². The molecule has 6 nitrogen and oxygen atoms in total. The van der Waals surface area contributed by atoms with E-state index in [0.29, 0.717) is 50.5 Å². The van der Waals surface area contributed by atoms with E-state index in [2.05, 4.69) is 17.0 Å². The van der Waals surface area contributed by atoms with Crippen LogP contribution in [0.3, 0.4) is 0 Å². The van der Waals surface area contributed by atoms with E-state index in [0.717, 1.165) is 17.7 Å². The predicted octanol–water partition coefficient (Wildman–Crippen LogP) is 4.04. The molecule has 33 heavy (non-hydrogen) atoms. The zero-order valence-electron chi connectivity index (χ0n) is 19.7. The van der Waals surface area contributed by atoms with E-state index < -0.39 is 0 Å². The second-order valence-corrected chi connectivity index (χ2v) is 8.67. The van der Waals surface area contributed by atoms with E-state index in [-0.39, 0.29) is 17.9 Å². The first-order chi connectivity index (χ1) is 16.0. The minimum absolute atomic E-state index is 0.0644. The first-order valence-electron chi connectivity index (χ1n) is 11.8. The Hall–Kier alpha value is -3.12. The third-order valence-corrected chi connectivity index (χ3v) is 5.98. The van der Waals surface area contributed by atoms with Crippen LogP contribution in [0.2, 0.25) is 0 Å². The van der Waals surface area contributed by atoms with Crippen LogP contribution in [0.1, 0.15) is 43.9 Å². The molecule has 0 atom stereocenters. The first-order valence-corrected chi connectivity index (χ1v) is 11.8. The molecule has 2 aromatic rings. The van der Waals surface area contributed by atoms with Crippen molar-refractivity contribution in [3.05, 3.63) is 70.9 Å². The van der Waals surface area contributed by atoms with Crippen LogP contribution in [-0.4, -0.2) is 54.0 Å². The molecule has 2 aliphatic rings. The molecule has 0 spiro atoms. The molecular formula is C27H32N2O4. The van der Waals surface area contributed by atoms with E-state index in [4.69, 9.17) is 9.47 Å². The van der Waals surface area contributed by atoms with Crippen LogP contribution in [-0.2, 0) is 27.3 Å². The number of imide groups is 1. The Bertz CT molecular complexity index is 1040. The van der Waals surface area contributed by atoms with Crippen LogP contribution in [0.25, 0.3) is 5.57 Å². The molecule has 0 radical (unpaired) electrons. The van der Waals surface area contributed by atoms with Gasteiger partial charge >= 0.3 is 0 Å². The van der Waals surface area contributed by atoms with Crippen molar-refractivity contribution in [1.29, 1.82) is 0 Å². The Kier molecular flexibility index (Phi) is 7.14. The van der Waals surface area contributed by atoms with Crippen LogP contribution in [0.4, 0.5) is 0 Å². The van der Waals surface area contributed by atoms with Gasteiger partial charge in [0.25, 0.3) is 11.8 Å². The molecule has 174 valence electrons. The van der Waals surface area contributed by atoms with Gasteiger partial charge in [-0.15, -0.1) is 0 Å². The summed E-state index contributed by atoms with van der Waals surface area (Å²) >= 11 is 0. The predicted molar refractivity (Wildman–Crippen MR) is 128 cm³/mol. The Morgan fingerprint density at radius 2 is 1.70 bits per heavy atom. The van der Waals surface area contributed by atoms with Crippen LogP contribution < -0.4 is 4.74 Å². The summed E-state index contributed by atoms with van der Waals surface area (Å²) in [4.78, 5) is 30.5. The van der Waals surface area contributed by atoms with E-state index in [9.17, 15) is 9.59 Å². The third-order valence-electron chi connectivity index (χ3n) is 5.98. The number of ether oxygens (including phenoxy) is 2. The summed E-state index contributed by atoms with van der Waals surface area (Å²) in [6, 6.07) is 15.8. The molecule has 2 amide bonds.